The van der Waals surface area contributed by atoms with Crippen molar-refractivity contribution in [2.24, 2.45) is 0 Å². The Balaban J connectivity index is 1.88. The second-order valence-corrected chi connectivity index (χ2v) is 6.90. The molecule has 132 valence electrons. The second-order valence-electron chi connectivity index (χ2n) is 6.49. The van der Waals surface area contributed by atoms with Gasteiger partial charge in [-0.2, -0.15) is 0 Å². The van der Waals surface area contributed by atoms with Crippen LogP contribution in [-0.2, 0) is 16.8 Å². The SMILES string of the molecule is O=C(O)C1(c2cc(F)c(OCc3ccccc3)c(Cl)c2)CCCCC1. The molecule has 0 radical (unpaired) electrons. The summed E-state index contributed by atoms with van der Waals surface area (Å²) in [6.45, 7) is 0.195. The van der Waals surface area contributed by atoms with Gasteiger partial charge in [-0.1, -0.05) is 61.2 Å². The fraction of sp³-hybridized carbons (Fsp3) is 0.350. The van der Waals surface area contributed by atoms with Gasteiger partial charge in [0.25, 0.3) is 0 Å². The number of halogens is 2. The number of rotatable bonds is 5. The first-order valence-electron chi connectivity index (χ1n) is 8.42. The molecular weight excluding hydrogens is 343 g/mol. The third-order valence-corrected chi connectivity index (χ3v) is 5.17. The molecule has 0 atom stereocenters. The molecule has 3 rings (SSSR count). The van der Waals surface area contributed by atoms with Crippen molar-refractivity contribution in [3.05, 3.63) is 64.4 Å². The van der Waals surface area contributed by atoms with Gasteiger partial charge in [0.05, 0.1) is 10.4 Å². The Morgan fingerprint density at radius 1 is 1.16 bits per heavy atom. The molecule has 1 aliphatic carbocycles. The Labute approximate surface area is 151 Å². The molecule has 1 aliphatic rings. The fourth-order valence-corrected chi connectivity index (χ4v) is 3.75. The van der Waals surface area contributed by atoms with Gasteiger partial charge >= 0.3 is 5.97 Å². The van der Waals surface area contributed by atoms with E-state index in [2.05, 4.69) is 0 Å². The van der Waals surface area contributed by atoms with Crippen LogP contribution in [0.3, 0.4) is 0 Å². The Morgan fingerprint density at radius 2 is 1.84 bits per heavy atom. The van der Waals surface area contributed by atoms with Crippen molar-refractivity contribution in [2.45, 2.75) is 44.1 Å². The maximum absolute atomic E-state index is 14.6. The second kappa shape index (κ2) is 7.44. The summed E-state index contributed by atoms with van der Waals surface area (Å²) in [4.78, 5) is 11.9. The average Bonchev–Trinajstić information content (AvgIpc) is 2.62. The summed E-state index contributed by atoms with van der Waals surface area (Å²) < 4.78 is 20.1. The molecular formula is C20H20ClFO3. The zero-order chi connectivity index (χ0) is 17.9. The number of hydrogen-bond donors (Lipinski definition) is 1. The lowest BCUT2D eigenvalue weighted by molar-refractivity contribution is -0.145. The van der Waals surface area contributed by atoms with Crippen molar-refractivity contribution in [1.29, 1.82) is 0 Å². The minimum atomic E-state index is -1.05. The molecule has 1 N–H and O–H groups in total. The van der Waals surface area contributed by atoms with E-state index in [0.717, 1.165) is 24.8 Å². The number of carboxylic acids is 1. The van der Waals surface area contributed by atoms with Gasteiger partial charge in [0, 0.05) is 0 Å². The standard InChI is InChI=1S/C20H20ClFO3/c21-16-11-15(20(19(23)24)9-5-2-6-10-20)12-17(22)18(16)25-13-14-7-3-1-4-8-14/h1,3-4,7-8,11-12H,2,5-6,9-10,13H2,(H,23,24). The molecule has 2 aromatic rings. The van der Waals surface area contributed by atoms with E-state index in [-0.39, 0.29) is 17.4 Å². The summed E-state index contributed by atoms with van der Waals surface area (Å²) in [6.07, 6.45) is 3.64. The number of aliphatic carboxylic acids is 1. The highest BCUT2D eigenvalue weighted by molar-refractivity contribution is 6.32. The van der Waals surface area contributed by atoms with E-state index in [1.807, 2.05) is 30.3 Å². The van der Waals surface area contributed by atoms with Crippen molar-refractivity contribution < 1.29 is 19.0 Å². The van der Waals surface area contributed by atoms with Gasteiger partial charge in [0.1, 0.15) is 6.61 Å². The van der Waals surface area contributed by atoms with Crippen molar-refractivity contribution in [3.8, 4) is 5.75 Å². The number of carbonyl (C=O) groups is 1. The lowest BCUT2D eigenvalue weighted by Gasteiger charge is -2.34. The van der Waals surface area contributed by atoms with Crippen LogP contribution < -0.4 is 4.74 Å². The largest absolute Gasteiger partial charge is 0.484 e. The van der Waals surface area contributed by atoms with Crippen LogP contribution in [0, 0.1) is 5.82 Å². The molecule has 1 saturated carbocycles. The molecule has 0 aliphatic heterocycles. The van der Waals surface area contributed by atoms with Crippen LogP contribution in [-0.4, -0.2) is 11.1 Å². The first kappa shape index (κ1) is 17.7. The molecule has 5 heteroatoms. The Bertz CT molecular complexity index is 732. The van der Waals surface area contributed by atoms with Gasteiger partial charge in [-0.3, -0.25) is 4.79 Å². The van der Waals surface area contributed by atoms with Gasteiger partial charge in [0.15, 0.2) is 11.6 Å². The van der Waals surface area contributed by atoms with Crippen LogP contribution in [0.1, 0.15) is 43.2 Å². The Kier molecular flexibility index (Phi) is 5.28. The van der Waals surface area contributed by atoms with Gasteiger partial charge < -0.3 is 9.84 Å². The highest BCUT2D eigenvalue weighted by Crippen LogP contribution is 2.43. The molecule has 0 aromatic heterocycles. The van der Waals surface area contributed by atoms with Crippen LogP contribution in [0.5, 0.6) is 5.75 Å². The highest BCUT2D eigenvalue weighted by atomic mass is 35.5. The number of ether oxygens (including phenoxy) is 1. The number of carboxylic acid groups (broad SMARTS) is 1. The summed E-state index contributed by atoms with van der Waals surface area (Å²) in [6, 6.07) is 12.2. The smallest absolute Gasteiger partial charge is 0.314 e. The van der Waals surface area contributed by atoms with Gasteiger partial charge in [-0.05, 0) is 36.1 Å². The molecule has 0 amide bonds. The minimum Gasteiger partial charge on any atom is -0.484 e. The molecule has 0 bridgehead atoms. The van der Waals surface area contributed by atoms with Crippen molar-refractivity contribution in [3.63, 3.8) is 0 Å². The molecule has 2 aromatic carbocycles. The van der Waals surface area contributed by atoms with Crippen LogP contribution >= 0.6 is 11.6 Å². The Hall–Kier alpha value is -2.07. The number of benzene rings is 2. The third kappa shape index (κ3) is 3.64. The summed E-state index contributed by atoms with van der Waals surface area (Å²) in [5, 5.41) is 9.86. The molecule has 0 spiro atoms. The van der Waals surface area contributed by atoms with E-state index in [0.29, 0.717) is 18.4 Å². The first-order valence-corrected chi connectivity index (χ1v) is 8.80. The van der Waals surface area contributed by atoms with Crippen LogP contribution in [0.4, 0.5) is 4.39 Å². The average molecular weight is 363 g/mol. The monoisotopic (exact) mass is 362 g/mol. The fourth-order valence-electron chi connectivity index (χ4n) is 3.49. The van der Waals surface area contributed by atoms with E-state index >= 15 is 0 Å². The molecule has 3 nitrogen and oxygen atoms in total. The maximum Gasteiger partial charge on any atom is 0.314 e. The topological polar surface area (TPSA) is 46.5 Å². The first-order chi connectivity index (χ1) is 12.0. The van der Waals surface area contributed by atoms with Gasteiger partial charge in [0.2, 0.25) is 0 Å². The van der Waals surface area contributed by atoms with Crippen molar-refractivity contribution >= 4 is 17.6 Å². The normalized spacial score (nSPS) is 16.4. The minimum absolute atomic E-state index is 0.0365. The zero-order valence-electron chi connectivity index (χ0n) is 13.8. The van der Waals surface area contributed by atoms with E-state index < -0.39 is 17.2 Å². The summed E-state index contributed by atoms with van der Waals surface area (Å²) >= 11 is 6.23. The lowest BCUT2D eigenvalue weighted by atomic mass is 9.69. The molecule has 0 unspecified atom stereocenters. The summed E-state index contributed by atoms with van der Waals surface area (Å²) in [5.74, 6) is -1.57. The predicted molar refractivity (Wildman–Crippen MR) is 94.6 cm³/mol. The molecule has 0 heterocycles. The third-order valence-electron chi connectivity index (χ3n) is 4.89. The van der Waals surface area contributed by atoms with Gasteiger partial charge in [-0.15, -0.1) is 0 Å². The predicted octanol–water partition coefficient (Wildman–Crippen LogP) is 5.34. The summed E-state index contributed by atoms with van der Waals surface area (Å²) in [5.41, 5.74) is 0.270. The van der Waals surface area contributed by atoms with Crippen molar-refractivity contribution in [2.75, 3.05) is 0 Å². The quantitative estimate of drug-likeness (QED) is 0.780. The van der Waals surface area contributed by atoms with E-state index in [1.54, 1.807) is 6.07 Å². The molecule has 25 heavy (non-hydrogen) atoms. The van der Waals surface area contributed by atoms with E-state index in [4.69, 9.17) is 16.3 Å². The van der Waals surface area contributed by atoms with E-state index in [1.165, 1.54) is 6.07 Å². The van der Waals surface area contributed by atoms with Crippen LogP contribution in [0.15, 0.2) is 42.5 Å². The molecule has 0 saturated heterocycles. The number of hydrogen-bond acceptors (Lipinski definition) is 2. The zero-order valence-corrected chi connectivity index (χ0v) is 14.6. The highest BCUT2D eigenvalue weighted by Gasteiger charge is 2.42. The van der Waals surface area contributed by atoms with Gasteiger partial charge in [-0.25, -0.2) is 4.39 Å². The van der Waals surface area contributed by atoms with E-state index in [9.17, 15) is 14.3 Å². The Morgan fingerprint density at radius 3 is 2.44 bits per heavy atom. The van der Waals surface area contributed by atoms with Crippen molar-refractivity contribution in [1.82, 2.24) is 0 Å². The molecule has 1 fully saturated rings. The van der Waals surface area contributed by atoms with Crippen LogP contribution in [0.2, 0.25) is 5.02 Å². The van der Waals surface area contributed by atoms with Crippen LogP contribution in [0.25, 0.3) is 0 Å². The summed E-state index contributed by atoms with van der Waals surface area (Å²) in [7, 11) is 0. The maximum atomic E-state index is 14.6. The lowest BCUT2D eigenvalue weighted by Crippen LogP contribution is -2.38.